The van der Waals surface area contributed by atoms with E-state index in [1.807, 2.05) is 19.1 Å². The van der Waals surface area contributed by atoms with Crippen LogP contribution in [-0.2, 0) is 21.8 Å². The van der Waals surface area contributed by atoms with Crippen molar-refractivity contribution in [2.45, 2.75) is 26.1 Å². The summed E-state index contributed by atoms with van der Waals surface area (Å²) in [7, 11) is 1.58. The molecule has 1 rings (SSSR count). The third-order valence-corrected chi connectivity index (χ3v) is 2.80. The summed E-state index contributed by atoms with van der Waals surface area (Å²) in [6.45, 7) is 4.12. The van der Waals surface area contributed by atoms with Gasteiger partial charge in [-0.15, -0.1) is 11.6 Å². The zero-order chi connectivity index (χ0) is 12.8. The van der Waals surface area contributed by atoms with Crippen molar-refractivity contribution in [3.05, 3.63) is 28.8 Å². The molecule has 0 spiro atoms. The van der Waals surface area contributed by atoms with Gasteiger partial charge in [0.15, 0.2) is 0 Å². The van der Waals surface area contributed by atoms with Crippen LogP contribution in [0, 0.1) is 6.92 Å². The quantitative estimate of drug-likeness (QED) is 0.600. The molecule has 0 N–H and O–H groups in total. The summed E-state index contributed by atoms with van der Waals surface area (Å²) in [5.74, 6) is 0.873. The van der Waals surface area contributed by atoms with Gasteiger partial charge in [0.25, 0.3) is 0 Å². The van der Waals surface area contributed by atoms with Gasteiger partial charge in [0.05, 0.1) is 20.1 Å². The van der Waals surface area contributed by atoms with Crippen LogP contribution >= 0.6 is 11.6 Å². The molecule has 0 heterocycles. The molecule has 0 aromatic heterocycles. The summed E-state index contributed by atoms with van der Waals surface area (Å²) < 4.78 is 10.2. The largest absolute Gasteiger partial charge is 0.496 e. The lowest BCUT2D eigenvalue weighted by molar-refractivity contribution is -0.142. The monoisotopic (exact) mass is 256 g/mol. The van der Waals surface area contributed by atoms with E-state index in [4.69, 9.17) is 21.1 Å². The molecule has 94 valence electrons. The van der Waals surface area contributed by atoms with Crippen LogP contribution in [-0.4, -0.2) is 19.7 Å². The molecule has 1 aromatic rings. The second kappa shape index (κ2) is 6.50. The molecule has 0 amide bonds. The van der Waals surface area contributed by atoms with Gasteiger partial charge in [-0.1, -0.05) is 6.07 Å². The van der Waals surface area contributed by atoms with Crippen molar-refractivity contribution in [3.63, 3.8) is 0 Å². The fourth-order valence-corrected chi connectivity index (χ4v) is 1.85. The Hall–Kier alpha value is -1.22. The Morgan fingerprint density at radius 3 is 2.65 bits per heavy atom. The highest BCUT2D eigenvalue weighted by Gasteiger charge is 2.13. The Labute approximate surface area is 107 Å². The SMILES string of the molecule is CCOC(=O)Cc1c(C)cc(CCl)cc1OC. The molecule has 1 aromatic carbocycles. The number of halogens is 1. The van der Waals surface area contributed by atoms with E-state index in [2.05, 4.69) is 0 Å². The van der Waals surface area contributed by atoms with Crippen LogP contribution in [0.1, 0.15) is 23.6 Å². The first-order valence-corrected chi connectivity index (χ1v) is 6.03. The number of carbonyl (C=O) groups is 1. The maximum Gasteiger partial charge on any atom is 0.310 e. The minimum absolute atomic E-state index is 0.228. The predicted molar refractivity (Wildman–Crippen MR) is 67.6 cm³/mol. The molecule has 0 radical (unpaired) electrons. The molecule has 3 nitrogen and oxygen atoms in total. The van der Waals surface area contributed by atoms with E-state index in [0.717, 1.165) is 16.7 Å². The number of rotatable bonds is 5. The van der Waals surface area contributed by atoms with Crippen LogP contribution in [0.15, 0.2) is 12.1 Å². The number of ether oxygens (including phenoxy) is 2. The van der Waals surface area contributed by atoms with Crippen molar-refractivity contribution in [3.8, 4) is 5.75 Å². The highest BCUT2D eigenvalue weighted by Crippen LogP contribution is 2.26. The number of carbonyl (C=O) groups excluding carboxylic acids is 1. The number of aryl methyl sites for hydroxylation is 1. The molecule has 0 aliphatic rings. The van der Waals surface area contributed by atoms with Crippen LogP contribution in [0.5, 0.6) is 5.75 Å². The molecule has 0 aliphatic heterocycles. The summed E-state index contributed by atoms with van der Waals surface area (Å²) in [6.07, 6.45) is 0.228. The molecule has 0 unspecified atom stereocenters. The average molecular weight is 257 g/mol. The van der Waals surface area contributed by atoms with Gasteiger partial charge in [0.2, 0.25) is 0 Å². The molecule has 0 saturated carbocycles. The van der Waals surface area contributed by atoms with E-state index in [1.54, 1.807) is 14.0 Å². The fourth-order valence-electron chi connectivity index (χ4n) is 1.70. The Kier molecular flexibility index (Phi) is 5.29. The summed E-state index contributed by atoms with van der Waals surface area (Å²) >= 11 is 5.79. The van der Waals surface area contributed by atoms with Crippen molar-refractivity contribution in [2.24, 2.45) is 0 Å². The third-order valence-electron chi connectivity index (χ3n) is 2.49. The van der Waals surface area contributed by atoms with Gasteiger partial charge in [-0.2, -0.15) is 0 Å². The molecule has 4 heteroatoms. The third kappa shape index (κ3) is 3.63. The summed E-state index contributed by atoms with van der Waals surface area (Å²) in [5, 5.41) is 0. The fraction of sp³-hybridized carbons (Fsp3) is 0.462. The van der Waals surface area contributed by atoms with Gasteiger partial charge < -0.3 is 9.47 Å². The lowest BCUT2D eigenvalue weighted by atomic mass is 10.0. The zero-order valence-corrected chi connectivity index (χ0v) is 11.1. The lowest BCUT2D eigenvalue weighted by Gasteiger charge is -2.13. The van der Waals surface area contributed by atoms with Gasteiger partial charge in [0, 0.05) is 11.4 Å². The molecule has 17 heavy (non-hydrogen) atoms. The van der Waals surface area contributed by atoms with Crippen molar-refractivity contribution < 1.29 is 14.3 Å². The Bertz CT molecular complexity index is 402. The van der Waals surface area contributed by atoms with Crippen LogP contribution in [0.25, 0.3) is 0 Å². The second-order valence-corrected chi connectivity index (χ2v) is 3.98. The molecule has 0 fully saturated rings. The smallest absolute Gasteiger partial charge is 0.310 e. The van der Waals surface area contributed by atoms with Crippen LogP contribution in [0.4, 0.5) is 0 Å². The normalized spacial score (nSPS) is 10.1. The summed E-state index contributed by atoms with van der Waals surface area (Å²) in [4.78, 5) is 11.5. The minimum Gasteiger partial charge on any atom is -0.496 e. The molecule has 0 atom stereocenters. The molecular weight excluding hydrogens is 240 g/mol. The maximum atomic E-state index is 11.5. The maximum absolute atomic E-state index is 11.5. The van der Waals surface area contributed by atoms with Crippen molar-refractivity contribution >= 4 is 17.6 Å². The number of benzene rings is 1. The number of esters is 1. The van der Waals surface area contributed by atoms with Crippen LogP contribution in [0.2, 0.25) is 0 Å². The van der Waals surface area contributed by atoms with E-state index in [0.29, 0.717) is 18.2 Å². The number of hydrogen-bond donors (Lipinski definition) is 0. The second-order valence-electron chi connectivity index (χ2n) is 3.71. The topological polar surface area (TPSA) is 35.5 Å². The van der Waals surface area contributed by atoms with Crippen molar-refractivity contribution in [1.29, 1.82) is 0 Å². The van der Waals surface area contributed by atoms with E-state index >= 15 is 0 Å². The van der Waals surface area contributed by atoms with Gasteiger partial charge in [-0.05, 0) is 31.0 Å². The Morgan fingerprint density at radius 2 is 2.12 bits per heavy atom. The average Bonchev–Trinajstić information content (AvgIpc) is 2.31. The number of alkyl halides is 1. The van der Waals surface area contributed by atoms with E-state index in [1.165, 1.54) is 0 Å². The van der Waals surface area contributed by atoms with Gasteiger partial charge in [-0.25, -0.2) is 0 Å². The molecule has 0 bridgehead atoms. The standard InChI is InChI=1S/C13H17ClO3/c1-4-17-13(15)7-11-9(2)5-10(8-14)6-12(11)16-3/h5-6H,4,7-8H2,1-3H3. The van der Waals surface area contributed by atoms with E-state index in [9.17, 15) is 4.79 Å². The van der Waals surface area contributed by atoms with Crippen LogP contribution in [0.3, 0.4) is 0 Å². The molecular formula is C13H17ClO3. The van der Waals surface area contributed by atoms with Crippen molar-refractivity contribution in [2.75, 3.05) is 13.7 Å². The Balaban J connectivity index is 3.01. The van der Waals surface area contributed by atoms with E-state index < -0.39 is 0 Å². The van der Waals surface area contributed by atoms with Crippen LogP contribution < -0.4 is 4.74 Å². The van der Waals surface area contributed by atoms with Gasteiger partial charge in [0.1, 0.15) is 5.75 Å². The first kappa shape index (κ1) is 13.8. The predicted octanol–water partition coefficient (Wildman–Crippen LogP) is 2.85. The molecule has 0 saturated heterocycles. The van der Waals surface area contributed by atoms with Gasteiger partial charge >= 0.3 is 5.97 Å². The highest BCUT2D eigenvalue weighted by atomic mass is 35.5. The van der Waals surface area contributed by atoms with E-state index in [-0.39, 0.29) is 12.4 Å². The first-order valence-electron chi connectivity index (χ1n) is 5.50. The first-order chi connectivity index (χ1) is 8.12. The number of hydrogen-bond acceptors (Lipinski definition) is 3. The zero-order valence-electron chi connectivity index (χ0n) is 10.4. The number of methoxy groups -OCH3 is 1. The summed E-state index contributed by atoms with van der Waals surface area (Å²) in [5.41, 5.74) is 2.83. The minimum atomic E-state index is -0.243. The summed E-state index contributed by atoms with van der Waals surface area (Å²) in [6, 6.07) is 3.82. The lowest BCUT2D eigenvalue weighted by Crippen LogP contribution is -2.10. The Morgan fingerprint density at radius 1 is 1.41 bits per heavy atom. The van der Waals surface area contributed by atoms with Crippen molar-refractivity contribution in [1.82, 2.24) is 0 Å². The molecule has 0 aliphatic carbocycles. The van der Waals surface area contributed by atoms with Gasteiger partial charge in [-0.3, -0.25) is 4.79 Å². The highest BCUT2D eigenvalue weighted by molar-refractivity contribution is 6.17.